The number of allylic oxidation sites excluding steroid dienone is 2. The van der Waals surface area contributed by atoms with Gasteiger partial charge in [-0.15, -0.1) is 0 Å². The Hall–Kier alpha value is -2.86. The molecule has 5 rings (SSSR count). The first-order valence-electron chi connectivity index (χ1n) is 13.6. The number of aromatic nitrogens is 1. The third kappa shape index (κ3) is 4.88. The van der Waals surface area contributed by atoms with E-state index in [9.17, 15) is 9.59 Å². The number of nitrogens with zero attached hydrogens (tertiary/aromatic N) is 2. The van der Waals surface area contributed by atoms with E-state index in [0.717, 1.165) is 42.6 Å². The van der Waals surface area contributed by atoms with Gasteiger partial charge in [-0.3, -0.25) is 9.59 Å². The maximum atomic E-state index is 13.4. The van der Waals surface area contributed by atoms with Crippen molar-refractivity contribution in [2.45, 2.75) is 71.4 Å². The lowest BCUT2D eigenvalue weighted by Gasteiger charge is -2.53. The minimum atomic E-state index is -0.108. The number of fused-ring (bicyclic) bond motifs is 2. The number of amides is 1. The topological polar surface area (TPSA) is 68.4 Å². The van der Waals surface area contributed by atoms with Crippen LogP contribution in [0.2, 0.25) is 0 Å². The minimum Gasteiger partial charge on any atom is -0.369 e. The van der Waals surface area contributed by atoms with Crippen LogP contribution in [0.15, 0.2) is 41.2 Å². The average Bonchev–Trinajstić information content (AvgIpc) is 2.83. The molecule has 192 valence electrons. The molecule has 3 heterocycles. The average molecular weight is 489 g/mol. The van der Waals surface area contributed by atoms with Crippen LogP contribution in [-0.4, -0.2) is 48.5 Å². The van der Waals surface area contributed by atoms with Gasteiger partial charge in [0.25, 0.3) is 11.5 Å². The number of H-pyrrole nitrogens is 1. The molecule has 0 unspecified atom stereocenters. The van der Waals surface area contributed by atoms with Crippen molar-refractivity contribution in [3.8, 4) is 0 Å². The van der Waals surface area contributed by atoms with Crippen molar-refractivity contribution in [2.75, 3.05) is 31.6 Å². The summed E-state index contributed by atoms with van der Waals surface area (Å²) in [7, 11) is 2.22. The first-order chi connectivity index (χ1) is 17.4. The van der Waals surface area contributed by atoms with Gasteiger partial charge in [-0.1, -0.05) is 18.2 Å². The molecule has 1 saturated heterocycles. The van der Waals surface area contributed by atoms with E-state index in [1.165, 1.54) is 44.5 Å². The molecule has 1 aromatic heterocycles. The predicted octanol–water partition coefficient (Wildman–Crippen LogP) is 4.36. The van der Waals surface area contributed by atoms with Gasteiger partial charge in [-0.05, 0) is 101 Å². The Labute approximate surface area is 214 Å². The second-order valence-corrected chi connectivity index (χ2v) is 11.2. The summed E-state index contributed by atoms with van der Waals surface area (Å²) in [6.07, 6.45) is 11.8. The highest BCUT2D eigenvalue weighted by Gasteiger charge is 2.44. The highest BCUT2D eigenvalue weighted by Crippen LogP contribution is 2.45. The molecular formula is C30H40N4O2. The Morgan fingerprint density at radius 3 is 2.61 bits per heavy atom. The minimum absolute atomic E-state index is 0.106. The van der Waals surface area contributed by atoms with Crippen LogP contribution in [0.5, 0.6) is 0 Å². The highest BCUT2D eigenvalue weighted by atomic mass is 16.1. The van der Waals surface area contributed by atoms with Crippen molar-refractivity contribution in [1.29, 1.82) is 0 Å². The van der Waals surface area contributed by atoms with Crippen LogP contribution in [0.4, 0.5) is 5.69 Å². The van der Waals surface area contributed by atoms with Crippen molar-refractivity contribution in [1.82, 2.24) is 15.2 Å². The van der Waals surface area contributed by atoms with Gasteiger partial charge >= 0.3 is 0 Å². The molecule has 1 amide bonds. The van der Waals surface area contributed by atoms with E-state index >= 15 is 0 Å². The molecule has 3 aliphatic rings. The van der Waals surface area contributed by atoms with Gasteiger partial charge in [0, 0.05) is 54.7 Å². The molecule has 2 aliphatic heterocycles. The summed E-state index contributed by atoms with van der Waals surface area (Å²) in [6, 6.07) is 8.69. The largest absolute Gasteiger partial charge is 0.369 e. The lowest BCUT2D eigenvalue weighted by Crippen LogP contribution is -2.57. The fourth-order valence-electron chi connectivity index (χ4n) is 6.86. The quantitative estimate of drug-likeness (QED) is 0.630. The second kappa shape index (κ2) is 10.3. The third-order valence-corrected chi connectivity index (χ3v) is 8.57. The van der Waals surface area contributed by atoms with E-state index in [2.05, 4.69) is 52.3 Å². The molecule has 0 atom stereocenters. The van der Waals surface area contributed by atoms with Crippen molar-refractivity contribution in [2.24, 2.45) is 5.41 Å². The normalized spacial score (nSPS) is 21.4. The van der Waals surface area contributed by atoms with Gasteiger partial charge < -0.3 is 20.1 Å². The first kappa shape index (κ1) is 24.8. The van der Waals surface area contributed by atoms with E-state index in [1.54, 1.807) is 0 Å². The number of aromatic amines is 1. The SMILES string of the molecule is CCN(c1cccc2c1C/C=C/CCc1cc(C)[nH]c(=O)c1CNC2=O)C1CCC2(CC1)CN(C)C2. The first-order valence-corrected chi connectivity index (χ1v) is 13.6. The third-order valence-electron chi connectivity index (χ3n) is 8.57. The van der Waals surface area contributed by atoms with Gasteiger partial charge in [-0.25, -0.2) is 0 Å². The Kier molecular flexibility index (Phi) is 7.07. The van der Waals surface area contributed by atoms with Crippen LogP contribution in [0.3, 0.4) is 0 Å². The molecule has 2 aromatic rings. The molecule has 1 aliphatic carbocycles. The number of hydrogen-bond acceptors (Lipinski definition) is 4. The molecule has 2 N–H and O–H groups in total. The molecule has 1 aromatic carbocycles. The highest BCUT2D eigenvalue weighted by molar-refractivity contribution is 5.97. The Bertz CT molecular complexity index is 1200. The number of carbonyl (C=O) groups excluding carboxylic acids is 1. The van der Waals surface area contributed by atoms with Crippen molar-refractivity contribution in [3.63, 3.8) is 0 Å². The van der Waals surface area contributed by atoms with Gasteiger partial charge in [0.15, 0.2) is 0 Å². The van der Waals surface area contributed by atoms with Crippen LogP contribution in [-0.2, 0) is 19.4 Å². The molecule has 1 spiro atoms. The number of carbonyl (C=O) groups is 1. The van der Waals surface area contributed by atoms with Crippen molar-refractivity contribution < 1.29 is 4.79 Å². The molecule has 2 fully saturated rings. The molecule has 6 nitrogen and oxygen atoms in total. The van der Waals surface area contributed by atoms with E-state index in [4.69, 9.17) is 0 Å². The summed E-state index contributed by atoms with van der Waals surface area (Å²) in [5.74, 6) is -0.108. The predicted molar refractivity (Wildman–Crippen MR) is 146 cm³/mol. The van der Waals surface area contributed by atoms with Gasteiger partial charge in [0.2, 0.25) is 0 Å². The van der Waals surface area contributed by atoms with E-state index in [0.29, 0.717) is 22.6 Å². The number of likely N-dealkylation sites (tertiary alicyclic amines) is 1. The van der Waals surface area contributed by atoms with Gasteiger partial charge in [0.05, 0.1) is 0 Å². The summed E-state index contributed by atoms with van der Waals surface area (Å²) >= 11 is 0. The molecule has 6 heteroatoms. The summed E-state index contributed by atoms with van der Waals surface area (Å²) in [4.78, 5) is 34.0. The molecular weight excluding hydrogens is 448 g/mol. The van der Waals surface area contributed by atoms with E-state index in [1.807, 2.05) is 25.1 Å². The molecule has 0 radical (unpaired) electrons. The van der Waals surface area contributed by atoms with Gasteiger partial charge in [-0.2, -0.15) is 0 Å². The Balaban J connectivity index is 1.42. The number of benzene rings is 1. The molecule has 36 heavy (non-hydrogen) atoms. The fraction of sp³-hybridized carbons (Fsp3) is 0.533. The number of hydrogen-bond donors (Lipinski definition) is 2. The Morgan fingerprint density at radius 2 is 1.89 bits per heavy atom. The van der Waals surface area contributed by atoms with Crippen LogP contribution in [0.25, 0.3) is 0 Å². The second-order valence-electron chi connectivity index (χ2n) is 11.2. The van der Waals surface area contributed by atoms with Crippen molar-refractivity contribution >= 4 is 11.6 Å². The standard InChI is InChI=1S/C30H40N4O2/c1-4-34(23-13-15-30(16-14-23)19-33(3)20-30)27-12-8-11-25-24(27)10-7-5-6-9-22-17-21(2)32-29(36)26(22)18-31-28(25)35/h5,7-8,11-12,17,23H,4,6,9-10,13-16,18-20H2,1-3H3,(H,31,35)(H,32,36)/b7-5+. The van der Waals surface area contributed by atoms with Crippen LogP contribution < -0.4 is 15.8 Å². The lowest BCUT2D eigenvalue weighted by atomic mass is 9.67. The zero-order valence-electron chi connectivity index (χ0n) is 22.0. The number of aryl methyl sites for hydroxylation is 2. The monoisotopic (exact) mass is 488 g/mol. The summed E-state index contributed by atoms with van der Waals surface area (Å²) in [6.45, 7) is 7.79. The fourth-order valence-corrected chi connectivity index (χ4v) is 6.86. The number of pyridine rings is 1. The smallest absolute Gasteiger partial charge is 0.253 e. The lowest BCUT2D eigenvalue weighted by molar-refractivity contribution is -0.0137. The van der Waals surface area contributed by atoms with Crippen LogP contribution >= 0.6 is 0 Å². The van der Waals surface area contributed by atoms with Crippen molar-refractivity contribution in [3.05, 3.63) is 74.7 Å². The zero-order valence-corrected chi connectivity index (χ0v) is 22.0. The van der Waals surface area contributed by atoms with Crippen LogP contribution in [0, 0.1) is 12.3 Å². The van der Waals surface area contributed by atoms with E-state index in [-0.39, 0.29) is 18.0 Å². The number of rotatable bonds is 3. The summed E-state index contributed by atoms with van der Waals surface area (Å²) in [5.41, 5.74) is 5.96. The number of anilines is 1. The zero-order chi connectivity index (χ0) is 25.3. The maximum absolute atomic E-state index is 13.4. The molecule has 0 bridgehead atoms. The van der Waals surface area contributed by atoms with E-state index < -0.39 is 0 Å². The summed E-state index contributed by atoms with van der Waals surface area (Å²) in [5, 5.41) is 3.06. The van der Waals surface area contributed by atoms with Gasteiger partial charge in [0.1, 0.15) is 0 Å². The maximum Gasteiger partial charge on any atom is 0.253 e. The molecule has 1 saturated carbocycles. The number of nitrogens with one attached hydrogen (secondary N) is 2. The summed E-state index contributed by atoms with van der Waals surface area (Å²) < 4.78 is 0. The van der Waals surface area contributed by atoms with Crippen LogP contribution in [0.1, 0.15) is 71.8 Å². The Morgan fingerprint density at radius 1 is 1.11 bits per heavy atom.